The van der Waals surface area contributed by atoms with Gasteiger partial charge in [0.1, 0.15) is 10.5 Å². The number of nitrogens with zero attached hydrogens (tertiary/aromatic N) is 3. The molecule has 2 heterocycles. The van der Waals surface area contributed by atoms with Crippen LogP contribution in [0.5, 0.6) is 0 Å². The first-order chi connectivity index (χ1) is 18.6. The molecule has 1 unspecified atom stereocenters. The van der Waals surface area contributed by atoms with Gasteiger partial charge in [-0.1, -0.05) is 24.3 Å². The van der Waals surface area contributed by atoms with Crippen LogP contribution in [0.25, 0.3) is 17.5 Å². The molecule has 2 aromatic carbocycles. The van der Waals surface area contributed by atoms with Crippen molar-refractivity contribution in [2.45, 2.75) is 12.8 Å². The van der Waals surface area contributed by atoms with Crippen molar-refractivity contribution in [3.8, 4) is 0 Å². The molecule has 0 amide bonds. The molecule has 0 fully saturated rings. The maximum atomic E-state index is 13.5. The zero-order chi connectivity index (χ0) is 28.4. The van der Waals surface area contributed by atoms with Crippen LogP contribution in [0.15, 0.2) is 58.9 Å². The van der Waals surface area contributed by atoms with Crippen LogP contribution in [0.3, 0.4) is 0 Å². The number of rotatable bonds is 7. The number of methoxy groups -OCH3 is 1. The molecule has 1 aliphatic rings. The van der Waals surface area contributed by atoms with E-state index < -0.39 is 33.3 Å². The van der Waals surface area contributed by atoms with Gasteiger partial charge in [0.05, 0.1) is 45.2 Å². The number of carbonyl (C=O) groups excluding carboxylic acids is 2. The Kier molecular flexibility index (Phi) is 7.40. The van der Waals surface area contributed by atoms with E-state index in [1.165, 1.54) is 48.5 Å². The van der Waals surface area contributed by atoms with Crippen molar-refractivity contribution < 1.29 is 28.9 Å². The standard InChI is InChI=1S/C25H20N4O9S/c1-3-38-25(32)20-18(14-7-5-9-16(12-14)29(35)36)19(24(31)37-2)21(26)27-22(30)17(39-23(20)27)11-13-6-4-8-15(10-13)28(33)34/h4-12,18H,3,26H2,1-2H3/b17-11-. The van der Waals surface area contributed by atoms with Crippen molar-refractivity contribution in [3.63, 3.8) is 0 Å². The highest BCUT2D eigenvalue weighted by Gasteiger charge is 2.40. The molecule has 0 bridgehead atoms. The van der Waals surface area contributed by atoms with Gasteiger partial charge in [-0.25, -0.2) is 9.59 Å². The first-order valence-electron chi connectivity index (χ1n) is 11.3. The molecular formula is C25H20N4O9S. The second kappa shape index (κ2) is 10.7. The lowest BCUT2D eigenvalue weighted by atomic mass is 9.83. The second-order valence-corrected chi connectivity index (χ2v) is 9.15. The van der Waals surface area contributed by atoms with Crippen LogP contribution < -0.4 is 20.5 Å². The summed E-state index contributed by atoms with van der Waals surface area (Å²) in [5.41, 5.74) is 5.24. The third-order valence-electron chi connectivity index (χ3n) is 5.84. The number of nitro groups is 2. The predicted octanol–water partition coefficient (Wildman–Crippen LogP) is 1.37. The van der Waals surface area contributed by atoms with Gasteiger partial charge in [-0.2, -0.15) is 0 Å². The van der Waals surface area contributed by atoms with Crippen LogP contribution in [0, 0.1) is 20.2 Å². The Balaban J connectivity index is 2.12. The molecule has 4 rings (SSSR count). The number of benzene rings is 2. The van der Waals surface area contributed by atoms with E-state index in [0.29, 0.717) is 5.56 Å². The molecule has 3 aromatic rings. The Bertz CT molecular complexity index is 1750. The lowest BCUT2D eigenvalue weighted by Gasteiger charge is -2.26. The number of hydrogen-bond acceptors (Lipinski definition) is 11. The van der Waals surface area contributed by atoms with Crippen LogP contribution in [-0.2, 0) is 19.1 Å². The fourth-order valence-electron chi connectivity index (χ4n) is 4.19. The van der Waals surface area contributed by atoms with E-state index in [4.69, 9.17) is 15.2 Å². The fraction of sp³-hybridized carbons (Fsp3) is 0.160. The van der Waals surface area contributed by atoms with Crippen molar-refractivity contribution in [1.82, 2.24) is 4.57 Å². The fourth-order valence-corrected chi connectivity index (χ4v) is 5.36. The van der Waals surface area contributed by atoms with Crippen molar-refractivity contribution in [1.29, 1.82) is 0 Å². The van der Waals surface area contributed by atoms with Gasteiger partial charge in [0.2, 0.25) is 0 Å². The van der Waals surface area contributed by atoms with Crippen LogP contribution in [0.2, 0.25) is 0 Å². The van der Waals surface area contributed by atoms with E-state index in [2.05, 4.69) is 0 Å². The summed E-state index contributed by atoms with van der Waals surface area (Å²) in [5, 5.41) is 22.6. The Labute approximate surface area is 223 Å². The van der Waals surface area contributed by atoms with Gasteiger partial charge in [-0.05, 0) is 24.1 Å². The van der Waals surface area contributed by atoms with E-state index in [1.807, 2.05) is 0 Å². The zero-order valence-electron chi connectivity index (χ0n) is 20.5. The summed E-state index contributed by atoms with van der Waals surface area (Å²) in [7, 11) is 1.09. The van der Waals surface area contributed by atoms with Gasteiger partial charge in [0.25, 0.3) is 16.9 Å². The average Bonchev–Trinajstić information content (AvgIpc) is 3.23. The molecule has 0 saturated heterocycles. The normalized spacial score (nSPS) is 15.1. The number of esters is 2. The molecule has 1 aromatic heterocycles. The summed E-state index contributed by atoms with van der Waals surface area (Å²) in [5.74, 6) is -3.43. The minimum atomic E-state index is -1.26. The van der Waals surface area contributed by atoms with E-state index in [-0.39, 0.29) is 49.7 Å². The minimum absolute atomic E-state index is 0.0387. The summed E-state index contributed by atoms with van der Waals surface area (Å²) in [6.07, 6.45) is 1.39. The number of fused-ring (bicyclic) bond motifs is 1. The molecule has 0 radical (unpaired) electrons. The summed E-state index contributed by atoms with van der Waals surface area (Å²) in [6, 6.07) is 10.9. The molecule has 0 spiro atoms. The molecule has 13 nitrogen and oxygen atoms in total. The van der Waals surface area contributed by atoms with Crippen molar-refractivity contribution in [3.05, 3.63) is 105 Å². The Hall–Kier alpha value is -5.11. The number of ether oxygens (including phenoxy) is 2. The van der Waals surface area contributed by atoms with Crippen LogP contribution >= 0.6 is 11.3 Å². The molecule has 1 atom stereocenters. The van der Waals surface area contributed by atoms with Crippen molar-refractivity contribution in [2.75, 3.05) is 13.7 Å². The van der Waals surface area contributed by atoms with E-state index in [1.54, 1.807) is 13.0 Å². The number of aromatic nitrogens is 1. The lowest BCUT2D eigenvalue weighted by Crippen LogP contribution is -2.41. The van der Waals surface area contributed by atoms with Crippen molar-refractivity contribution >= 4 is 52.1 Å². The molecule has 0 saturated carbocycles. The van der Waals surface area contributed by atoms with Crippen molar-refractivity contribution in [2.24, 2.45) is 5.73 Å². The summed E-state index contributed by atoms with van der Waals surface area (Å²) >= 11 is 0.854. The third-order valence-corrected chi connectivity index (χ3v) is 6.95. The number of carbonyl (C=O) groups is 2. The summed E-state index contributed by atoms with van der Waals surface area (Å²) < 4.78 is 11.2. The monoisotopic (exact) mass is 552 g/mol. The number of nitrogens with two attached hydrogens (primary N) is 1. The van der Waals surface area contributed by atoms with Crippen LogP contribution in [-0.4, -0.2) is 40.1 Å². The lowest BCUT2D eigenvalue weighted by molar-refractivity contribution is -0.385. The Morgan fingerprint density at radius 3 is 2.31 bits per heavy atom. The minimum Gasteiger partial charge on any atom is -0.466 e. The van der Waals surface area contributed by atoms with Gasteiger partial charge >= 0.3 is 11.9 Å². The van der Waals surface area contributed by atoms with Gasteiger partial charge in [-0.3, -0.25) is 29.6 Å². The van der Waals surface area contributed by atoms with Crippen LogP contribution in [0.1, 0.15) is 24.0 Å². The topological polar surface area (TPSA) is 187 Å². The van der Waals surface area contributed by atoms with E-state index >= 15 is 0 Å². The van der Waals surface area contributed by atoms with Gasteiger partial charge in [-0.15, -0.1) is 11.3 Å². The first kappa shape index (κ1) is 26.9. The highest BCUT2D eigenvalue weighted by atomic mass is 32.1. The van der Waals surface area contributed by atoms with E-state index in [9.17, 15) is 34.6 Å². The molecular weight excluding hydrogens is 532 g/mol. The molecule has 200 valence electrons. The molecule has 1 aliphatic heterocycles. The quantitative estimate of drug-likeness (QED) is 0.255. The highest BCUT2D eigenvalue weighted by Crippen LogP contribution is 2.38. The largest absolute Gasteiger partial charge is 0.466 e. The number of hydrogen-bond donors (Lipinski definition) is 1. The molecule has 14 heteroatoms. The Morgan fingerprint density at radius 2 is 1.69 bits per heavy atom. The van der Waals surface area contributed by atoms with Crippen LogP contribution in [0.4, 0.5) is 11.4 Å². The number of nitro benzene ring substituents is 2. The SMILES string of the molecule is CCOC(=O)C1=c2s/c(=C\c3cccc([N+](=O)[O-])c3)c(=O)n2C(N)=C(C(=O)OC)C1c1cccc([N+](=O)[O-])c1. The van der Waals surface area contributed by atoms with Gasteiger partial charge in [0, 0.05) is 24.3 Å². The predicted molar refractivity (Wildman–Crippen MR) is 140 cm³/mol. The Morgan fingerprint density at radius 1 is 1.05 bits per heavy atom. The van der Waals surface area contributed by atoms with Gasteiger partial charge < -0.3 is 15.2 Å². The first-order valence-corrected chi connectivity index (χ1v) is 12.1. The molecule has 0 aliphatic carbocycles. The second-order valence-electron chi connectivity index (χ2n) is 8.12. The third kappa shape index (κ3) is 4.92. The van der Waals surface area contributed by atoms with E-state index in [0.717, 1.165) is 23.0 Å². The molecule has 39 heavy (non-hydrogen) atoms. The maximum absolute atomic E-state index is 13.5. The number of thiazole rings is 1. The maximum Gasteiger partial charge on any atom is 0.338 e. The number of non-ortho nitro benzene ring substituents is 2. The summed E-state index contributed by atoms with van der Waals surface area (Å²) in [4.78, 5) is 61.2. The highest BCUT2D eigenvalue weighted by molar-refractivity contribution is 7.07. The van der Waals surface area contributed by atoms with Gasteiger partial charge in [0.15, 0.2) is 0 Å². The zero-order valence-corrected chi connectivity index (χ0v) is 21.3. The average molecular weight is 553 g/mol. The summed E-state index contributed by atoms with van der Waals surface area (Å²) in [6.45, 7) is 1.52. The smallest absolute Gasteiger partial charge is 0.338 e. The molecule has 2 N–H and O–H groups in total.